The molecule has 0 spiro atoms. The van der Waals surface area contributed by atoms with Gasteiger partial charge in [-0.1, -0.05) is 25.3 Å². The number of halogens is 3. The van der Waals surface area contributed by atoms with E-state index < -0.39 is 38.8 Å². The minimum atomic E-state index is -4.92. The highest BCUT2D eigenvalue weighted by Gasteiger charge is 2.47. The van der Waals surface area contributed by atoms with Crippen LogP contribution in [0.4, 0.5) is 13.2 Å². The van der Waals surface area contributed by atoms with Gasteiger partial charge < -0.3 is 5.73 Å². The number of hydrogen-bond donors (Lipinski definition) is 2. The van der Waals surface area contributed by atoms with E-state index in [4.69, 9.17) is 5.73 Å². The van der Waals surface area contributed by atoms with Gasteiger partial charge in [0.2, 0.25) is 15.9 Å². The normalized spacial score (nSPS) is 20.0. The third-order valence-electron chi connectivity index (χ3n) is 4.99. The van der Waals surface area contributed by atoms with Gasteiger partial charge in [0.1, 0.15) is 5.54 Å². The van der Waals surface area contributed by atoms with Crippen LogP contribution in [0.25, 0.3) is 0 Å². The Labute approximate surface area is 156 Å². The third-order valence-corrected chi connectivity index (χ3v) is 6.46. The van der Waals surface area contributed by atoms with Crippen molar-refractivity contribution < 1.29 is 26.4 Å². The van der Waals surface area contributed by atoms with Gasteiger partial charge in [-0.15, -0.1) is 0 Å². The average molecular weight is 407 g/mol. The predicted octanol–water partition coefficient (Wildman–Crippen LogP) is 2.40. The number of alkyl halides is 3. The molecule has 3 N–H and O–H groups in total. The second-order valence-corrected chi connectivity index (χ2v) is 9.13. The number of carbonyl (C=O) groups is 1. The number of sulfonamides is 1. The van der Waals surface area contributed by atoms with Crippen LogP contribution in [0.1, 0.15) is 51.1 Å². The molecule has 1 aromatic heterocycles. The fourth-order valence-electron chi connectivity index (χ4n) is 3.87. The fourth-order valence-corrected chi connectivity index (χ4v) is 5.24. The molecule has 0 bridgehead atoms. The molecule has 1 saturated carbocycles. The summed E-state index contributed by atoms with van der Waals surface area (Å²) in [5.41, 5.74) is 3.62. The van der Waals surface area contributed by atoms with E-state index in [1.165, 1.54) is 6.92 Å². The van der Waals surface area contributed by atoms with Crippen molar-refractivity contribution in [1.82, 2.24) is 9.71 Å². The Bertz CT molecular complexity index is 763. The first-order chi connectivity index (χ1) is 12.4. The van der Waals surface area contributed by atoms with Crippen LogP contribution in [-0.4, -0.2) is 36.8 Å². The number of carbonyl (C=O) groups excluding carboxylic acids is 1. The number of aromatic nitrogens is 1. The van der Waals surface area contributed by atoms with Crippen molar-refractivity contribution in [3.8, 4) is 0 Å². The van der Waals surface area contributed by atoms with Crippen LogP contribution in [0.15, 0.2) is 24.4 Å². The van der Waals surface area contributed by atoms with Crippen molar-refractivity contribution in [2.45, 2.75) is 62.6 Å². The number of amides is 1. The van der Waals surface area contributed by atoms with Crippen LogP contribution in [0, 0.1) is 0 Å². The number of rotatable bonds is 7. The summed E-state index contributed by atoms with van der Waals surface area (Å²) in [5, 5.41) is 0. The first-order valence-corrected chi connectivity index (χ1v) is 10.3. The zero-order valence-corrected chi connectivity index (χ0v) is 15.9. The summed E-state index contributed by atoms with van der Waals surface area (Å²) in [5.74, 6) is -3.09. The van der Waals surface area contributed by atoms with E-state index in [0.717, 1.165) is 19.3 Å². The van der Waals surface area contributed by atoms with Gasteiger partial charge in [0.05, 0.1) is 0 Å². The number of nitrogens with zero attached hydrogens (tertiary/aromatic N) is 1. The van der Waals surface area contributed by atoms with Crippen molar-refractivity contribution in [3.63, 3.8) is 0 Å². The number of nitrogens with two attached hydrogens (primary N) is 1. The van der Waals surface area contributed by atoms with Gasteiger partial charge in [0, 0.05) is 17.3 Å². The zero-order valence-electron chi connectivity index (χ0n) is 15.1. The van der Waals surface area contributed by atoms with E-state index in [0.29, 0.717) is 18.5 Å². The topological polar surface area (TPSA) is 102 Å². The Kier molecular flexibility index (Phi) is 6.20. The molecule has 10 heteroatoms. The molecular formula is C17H24F3N3O3S. The first-order valence-electron chi connectivity index (χ1n) is 8.67. The Hall–Kier alpha value is -1.68. The van der Waals surface area contributed by atoms with Gasteiger partial charge in [-0.25, -0.2) is 8.42 Å². The minimum absolute atomic E-state index is 0.0521. The minimum Gasteiger partial charge on any atom is -0.368 e. The second kappa shape index (κ2) is 7.75. The predicted molar refractivity (Wildman–Crippen MR) is 94.2 cm³/mol. The molecule has 0 saturated heterocycles. The lowest BCUT2D eigenvalue weighted by Gasteiger charge is -2.42. The molecule has 0 aromatic carbocycles. The molecule has 0 aliphatic heterocycles. The Morgan fingerprint density at radius 1 is 1.26 bits per heavy atom. The van der Waals surface area contributed by atoms with E-state index in [9.17, 15) is 26.4 Å². The molecule has 2 rings (SSSR count). The summed E-state index contributed by atoms with van der Waals surface area (Å²) >= 11 is 0. The maximum atomic E-state index is 12.6. The molecule has 0 radical (unpaired) electrons. The monoisotopic (exact) mass is 407 g/mol. The zero-order chi connectivity index (χ0) is 20.3. The molecule has 1 fully saturated rings. The number of pyridine rings is 1. The molecule has 6 nitrogen and oxygen atoms in total. The Morgan fingerprint density at radius 2 is 1.89 bits per heavy atom. The van der Waals surface area contributed by atoms with Crippen molar-refractivity contribution in [3.05, 3.63) is 30.1 Å². The van der Waals surface area contributed by atoms with Crippen LogP contribution in [0.5, 0.6) is 0 Å². The van der Waals surface area contributed by atoms with E-state index >= 15 is 0 Å². The van der Waals surface area contributed by atoms with Crippen molar-refractivity contribution >= 4 is 15.9 Å². The lowest BCUT2D eigenvalue weighted by Crippen LogP contribution is -2.59. The summed E-state index contributed by atoms with van der Waals surface area (Å²) < 4.78 is 63.6. The molecule has 1 aromatic rings. The number of hydrogen-bond acceptors (Lipinski definition) is 4. The van der Waals surface area contributed by atoms with Crippen LogP contribution < -0.4 is 10.5 Å². The maximum absolute atomic E-state index is 12.6. The molecule has 1 amide bonds. The standard InChI is InChI=1S/C17H24F3N3O3S/c1-15(14(21)24,23-27(25,26)12-17(18,19)20)11-16(8-4-2-5-9-16)13-7-3-6-10-22-13/h3,6-7,10,23H,2,4-5,8-9,11-12H2,1H3,(H2,21,24). The van der Waals surface area contributed by atoms with E-state index in [-0.39, 0.29) is 6.42 Å². The molecular weight excluding hydrogens is 383 g/mol. The Balaban J connectivity index is 2.38. The summed E-state index contributed by atoms with van der Waals surface area (Å²) in [6.07, 6.45) is 0.601. The molecule has 1 unspecified atom stereocenters. The average Bonchev–Trinajstić information content (AvgIpc) is 2.53. The van der Waals surface area contributed by atoms with Gasteiger partial charge in [-0.2, -0.15) is 17.9 Å². The van der Waals surface area contributed by atoms with E-state index in [1.807, 2.05) is 4.72 Å². The van der Waals surface area contributed by atoms with Crippen LogP contribution in [-0.2, 0) is 20.2 Å². The van der Waals surface area contributed by atoms with Crippen molar-refractivity contribution in [2.75, 3.05) is 5.75 Å². The summed E-state index contributed by atoms with van der Waals surface area (Å²) in [6, 6.07) is 5.31. The first kappa shape index (κ1) is 21.6. The van der Waals surface area contributed by atoms with E-state index in [1.54, 1.807) is 24.4 Å². The van der Waals surface area contributed by atoms with Crippen molar-refractivity contribution in [2.24, 2.45) is 5.73 Å². The van der Waals surface area contributed by atoms with Crippen molar-refractivity contribution in [1.29, 1.82) is 0 Å². The number of nitrogens with one attached hydrogen (secondary N) is 1. The Morgan fingerprint density at radius 3 is 2.37 bits per heavy atom. The third kappa shape index (κ3) is 5.65. The number of primary amides is 1. The highest BCUT2D eigenvalue weighted by atomic mass is 32.2. The van der Waals surface area contributed by atoms with Crippen LogP contribution in [0.3, 0.4) is 0 Å². The highest BCUT2D eigenvalue weighted by Crippen LogP contribution is 2.44. The second-order valence-electron chi connectivity index (χ2n) is 7.41. The molecule has 1 aliphatic rings. The molecule has 1 heterocycles. The van der Waals surface area contributed by atoms with Crippen LogP contribution in [0.2, 0.25) is 0 Å². The largest absolute Gasteiger partial charge is 0.404 e. The molecule has 1 aliphatic carbocycles. The fraction of sp³-hybridized carbons (Fsp3) is 0.647. The quantitative estimate of drug-likeness (QED) is 0.724. The molecule has 1 atom stereocenters. The van der Waals surface area contributed by atoms with Crippen LogP contribution >= 0.6 is 0 Å². The van der Waals surface area contributed by atoms with Gasteiger partial charge in [-0.3, -0.25) is 9.78 Å². The molecule has 152 valence electrons. The summed E-state index contributed by atoms with van der Waals surface area (Å²) in [4.78, 5) is 16.5. The lowest BCUT2D eigenvalue weighted by molar-refractivity contribution is -0.124. The maximum Gasteiger partial charge on any atom is 0.404 e. The highest BCUT2D eigenvalue weighted by molar-refractivity contribution is 7.89. The SMILES string of the molecule is CC(CC1(c2ccccn2)CCCCC1)(NS(=O)(=O)CC(F)(F)F)C(N)=O. The van der Waals surface area contributed by atoms with E-state index in [2.05, 4.69) is 4.98 Å². The summed E-state index contributed by atoms with van der Waals surface area (Å²) in [6.45, 7) is 1.24. The smallest absolute Gasteiger partial charge is 0.368 e. The van der Waals surface area contributed by atoms with Gasteiger partial charge >= 0.3 is 6.18 Å². The van der Waals surface area contributed by atoms with Gasteiger partial charge in [0.15, 0.2) is 5.75 Å². The molecule has 27 heavy (non-hydrogen) atoms. The lowest BCUT2D eigenvalue weighted by atomic mass is 9.65. The van der Waals surface area contributed by atoms with Gasteiger partial charge in [0.25, 0.3) is 0 Å². The summed E-state index contributed by atoms with van der Waals surface area (Å²) in [7, 11) is -4.80. The van der Waals surface area contributed by atoms with Gasteiger partial charge in [-0.05, 0) is 38.3 Å².